The van der Waals surface area contributed by atoms with Gasteiger partial charge in [-0.3, -0.25) is 19.3 Å². The van der Waals surface area contributed by atoms with Crippen LogP contribution in [0.5, 0.6) is 5.75 Å². The lowest BCUT2D eigenvalue weighted by atomic mass is 10.00. The van der Waals surface area contributed by atoms with E-state index in [9.17, 15) is 24.0 Å². The normalized spacial score (nSPS) is 25.3. The average molecular weight is 671 g/mol. The van der Waals surface area contributed by atoms with Crippen molar-refractivity contribution in [1.29, 1.82) is 0 Å². The van der Waals surface area contributed by atoms with Gasteiger partial charge in [0.1, 0.15) is 29.5 Å². The van der Waals surface area contributed by atoms with E-state index >= 15 is 0 Å². The third-order valence-electron chi connectivity index (χ3n) is 9.56. The Morgan fingerprint density at radius 3 is 2.40 bits per heavy atom. The number of hydrogen-bond donors (Lipinski definition) is 3. The van der Waals surface area contributed by atoms with Gasteiger partial charge in [-0.2, -0.15) is 0 Å². The number of rotatable bonds is 6. The van der Waals surface area contributed by atoms with Crippen LogP contribution >= 0.6 is 0 Å². The number of carbonyl (C=O) groups is 5. The van der Waals surface area contributed by atoms with Gasteiger partial charge in [0.15, 0.2) is 0 Å². The van der Waals surface area contributed by atoms with Crippen LogP contribution in [0.25, 0.3) is 0 Å². The molecule has 0 bridgehead atoms. The maximum absolute atomic E-state index is 14.4. The number of urea groups is 1. The Kier molecular flexibility index (Phi) is 11.0. The number of para-hydroxylation sites is 1. The molecule has 4 heterocycles. The first-order valence-electron chi connectivity index (χ1n) is 17.1. The van der Waals surface area contributed by atoms with Crippen LogP contribution in [0.2, 0.25) is 0 Å². The predicted molar refractivity (Wildman–Crippen MR) is 175 cm³/mol. The molecule has 5 rings (SSSR count). The van der Waals surface area contributed by atoms with Gasteiger partial charge < -0.3 is 40.0 Å². The molecular weight excluding hydrogens is 620 g/mol. The van der Waals surface area contributed by atoms with E-state index in [2.05, 4.69) is 16.0 Å². The number of likely N-dealkylation sites (N-methyl/N-ethyl adjacent to an activating group) is 1. The topological polar surface area (TPSA) is 159 Å². The molecule has 0 aliphatic carbocycles. The van der Waals surface area contributed by atoms with E-state index in [4.69, 9.17) is 14.2 Å². The molecule has 4 aliphatic heterocycles. The first-order chi connectivity index (χ1) is 22.8. The Hall–Kier alpha value is -4.07. The van der Waals surface area contributed by atoms with Crippen molar-refractivity contribution in [3.8, 4) is 5.75 Å². The van der Waals surface area contributed by atoms with Gasteiger partial charge in [-0.15, -0.1) is 0 Å². The van der Waals surface area contributed by atoms with Crippen LogP contribution in [0.4, 0.5) is 9.59 Å². The number of nitrogens with one attached hydrogen (secondary N) is 3. The molecule has 3 fully saturated rings. The fourth-order valence-electron chi connectivity index (χ4n) is 6.75. The van der Waals surface area contributed by atoms with E-state index in [0.717, 1.165) is 11.3 Å². The summed E-state index contributed by atoms with van der Waals surface area (Å²) in [6.07, 6.45) is 2.84. The number of ether oxygens (including phenoxy) is 3. The minimum absolute atomic E-state index is 0.0469. The van der Waals surface area contributed by atoms with E-state index in [1.54, 1.807) is 37.5 Å². The van der Waals surface area contributed by atoms with Crippen LogP contribution in [0, 0.1) is 0 Å². The highest BCUT2D eigenvalue weighted by Crippen LogP contribution is 2.34. The Labute approximate surface area is 282 Å². The lowest BCUT2D eigenvalue weighted by Crippen LogP contribution is -2.63. The van der Waals surface area contributed by atoms with Crippen molar-refractivity contribution >= 4 is 29.8 Å². The molecule has 48 heavy (non-hydrogen) atoms. The van der Waals surface area contributed by atoms with Crippen LogP contribution < -0.4 is 20.7 Å². The summed E-state index contributed by atoms with van der Waals surface area (Å²) in [5.41, 5.74) is 0.132. The summed E-state index contributed by atoms with van der Waals surface area (Å²) in [6.45, 7) is 8.58. The Balaban J connectivity index is 1.34. The fraction of sp³-hybridized carbons (Fsp3) is 0.676. The maximum atomic E-state index is 14.4. The quantitative estimate of drug-likeness (QED) is 0.416. The molecule has 3 N–H and O–H groups in total. The van der Waals surface area contributed by atoms with Crippen molar-refractivity contribution < 1.29 is 38.2 Å². The maximum Gasteiger partial charge on any atom is 0.410 e. The Morgan fingerprint density at radius 2 is 1.67 bits per heavy atom. The number of carbonyl (C=O) groups excluding carboxylic acids is 5. The number of amides is 6. The summed E-state index contributed by atoms with van der Waals surface area (Å²) in [7, 11) is 1.46. The van der Waals surface area contributed by atoms with Crippen molar-refractivity contribution in [2.24, 2.45) is 0 Å². The summed E-state index contributed by atoms with van der Waals surface area (Å²) in [5.74, 6) is -0.546. The molecule has 6 amide bonds. The van der Waals surface area contributed by atoms with Gasteiger partial charge in [0.05, 0.1) is 19.2 Å². The van der Waals surface area contributed by atoms with Gasteiger partial charge in [0.25, 0.3) is 0 Å². The molecule has 1 aromatic carbocycles. The monoisotopic (exact) mass is 670 g/mol. The minimum Gasteiger partial charge on any atom is -0.493 e. The molecule has 14 nitrogen and oxygen atoms in total. The van der Waals surface area contributed by atoms with E-state index in [1.807, 2.05) is 24.3 Å². The molecule has 5 atom stereocenters. The second-order valence-corrected chi connectivity index (χ2v) is 14.1. The molecule has 1 aromatic rings. The summed E-state index contributed by atoms with van der Waals surface area (Å²) < 4.78 is 16.6. The van der Waals surface area contributed by atoms with Crippen molar-refractivity contribution in [2.75, 3.05) is 40.0 Å². The zero-order chi connectivity index (χ0) is 34.6. The van der Waals surface area contributed by atoms with Crippen molar-refractivity contribution in [3.63, 3.8) is 0 Å². The van der Waals surface area contributed by atoms with Crippen molar-refractivity contribution in [3.05, 3.63) is 29.8 Å². The van der Waals surface area contributed by atoms with Gasteiger partial charge in [0.2, 0.25) is 17.7 Å². The highest BCUT2D eigenvalue weighted by molar-refractivity contribution is 5.95. The third-order valence-corrected chi connectivity index (χ3v) is 9.56. The largest absolute Gasteiger partial charge is 0.493 e. The van der Waals surface area contributed by atoms with Crippen LogP contribution in [0.3, 0.4) is 0 Å². The SMILES string of the molecule is C[C@@H](C(=O)N[C@H]1CN(C(=O)NC2CCOCC2)CC[C@H]2CC[C@@H](C(=O)N[C@@H]3CCOc4ccccc43)N2C1=O)N(C)C(=O)OC(C)(C)C. The predicted octanol–water partition coefficient (Wildman–Crippen LogP) is 2.32. The molecule has 4 aliphatic rings. The molecule has 3 saturated heterocycles. The highest BCUT2D eigenvalue weighted by atomic mass is 16.6. The summed E-state index contributed by atoms with van der Waals surface area (Å²) in [6, 6.07) is 3.82. The third kappa shape index (κ3) is 8.31. The highest BCUT2D eigenvalue weighted by Gasteiger charge is 2.46. The number of nitrogens with zero attached hydrogens (tertiary/aromatic N) is 3. The second-order valence-electron chi connectivity index (χ2n) is 14.1. The summed E-state index contributed by atoms with van der Waals surface area (Å²) >= 11 is 0. The van der Waals surface area contributed by atoms with Crippen LogP contribution in [0.1, 0.15) is 77.8 Å². The van der Waals surface area contributed by atoms with Crippen molar-refractivity contribution in [2.45, 2.75) is 108 Å². The smallest absolute Gasteiger partial charge is 0.410 e. The molecule has 264 valence electrons. The summed E-state index contributed by atoms with van der Waals surface area (Å²) in [5, 5.41) is 9.05. The van der Waals surface area contributed by atoms with E-state index in [0.29, 0.717) is 64.9 Å². The van der Waals surface area contributed by atoms with Crippen LogP contribution in [-0.4, -0.2) is 120 Å². The lowest BCUT2D eigenvalue weighted by Gasteiger charge is -2.40. The second kappa shape index (κ2) is 15.0. The first-order valence-corrected chi connectivity index (χ1v) is 17.1. The zero-order valence-corrected chi connectivity index (χ0v) is 28.7. The Morgan fingerprint density at radius 1 is 0.938 bits per heavy atom. The minimum atomic E-state index is -1.15. The standard InChI is InChI=1S/C34H50N6O8/c1-21(38(5)33(45)48-34(2,3)4)29(41)37-26-20-39(32(44)35-22-13-17-46-18-14-22)16-12-23-10-11-27(40(23)31(26)43)30(42)36-25-15-19-47-28-9-7-6-8-24(25)28/h6-9,21-23,25-27H,10-20H2,1-5H3,(H,35,44)(H,36,42)(H,37,41)/t21-,23+,25+,26-,27-/m0/s1. The molecule has 0 unspecified atom stereocenters. The Bertz CT molecular complexity index is 1360. The van der Waals surface area contributed by atoms with Gasteiger partial charge in [0, 0.05) is 50.9 Å². The summed E-state index contributed by atoms with van der Waals surface area (Å²) in [4.78, 5) is 72.5. The van der Waals surface area contributed by atoms with Gasteiger partial charge in [-0.25, -0.2) is 9.59 Å². The average Bonchev–Trinajstić information content (AvgIpc) is 3.47. The molecule has 14 heteroatoms. The molecule has 0 radical (unpaired) electrons. The molecular formula is C34H50N6O8. The first kappa shape index (κ1) is 35.2. The molecule has 0 aromatic heterocycles. The number of fused-ring (bicyclic) bond motifs is 2. The zero-order valence-electron chi connectivity index (χ0n) is 28.7. The van der Waals surface area contributed by atoms with Gasteiger partial charge >= 0.3 is 12.1 Å². The fourth-order valence-corrected chi connectivity index (χ4v) is 6.75. The van der Waals surface area contributed by atoms with Crippen molar-refractivity contribution in [1.82, 2.24) is 30.7 Å². The van der Waals surface area contributed by atoms with Gasteiger partial charge in [-0.05, 0) is 65.9 Å². The van der Waals surface area contributed by atoms with Gasteiger partial charge in [-0.1, -0.05) is 18.2 Å². The number of hydrogen-bond acceptors (Lipinski definition) is 8. The van der Waals surface area contributed by atoms with E-state index in [1.165, 1.54) is 11.9 Å². The van der Waals surface area contributed by atoms with E-state index in [-0.39, 0.29) is 36.6 Å². The molecule has 0 spiro atoms. The van der Waals surface area contributed by atoms with Crippen LogP contribution in [-0.2, 0) is 23.9 Å². The number of benzene rings is 1. The lowest BCUT2D eigenvalue weighted by molar-refractivity contribution is -0.145. The van der Waals surface area contributed by atoms with Crippen LogP contribution in [0.15, 0.2) is 24.3 Å². The van der Waals surface area contributed by atoms with E-state index < -0.39 is 41.6 Å². The molecule has 0 saturated carbocycles.